The molecule has 0 bridgehead atoms. The van der Waals surface area contributed by atoms with Crippen LogP contribution in [-0.4, -0.2) is 36.5 Å². The molecule has 0 atom stereocenters. The molecule has 2 aromatic heterocycles. The maximum Gasteiger partial charge on any atom is 0.187 e. The first-order valence-corrected chi connectivity index (χ1v) is 12.8. The molecule has 0 aliphatic heterocycles. The summed E-state index contributed by atoms with van der Waals surface area (Å²) in [6, 6.07) is 14.7. The molecule has 180 valence electrons. The third-order valence-electron chi connectivity index (χ3n) is 5.54. The van der Waals surface area contributed by atoms with Gasteiger partial charge in [-0.25, -0.2) is 4.98 Å². The monoisotopic (exact) mass is 500 g/mol. The van der Waals surface area contributed by atoms with Crippen LogP contribution in [0.25, 0.3) is 34.0 Å². The summed E-state index contributed by atoms with van der Waals surface area (Å²) in [4.78, 5) is 9.74. The van der Waals surface area contributed by atoms with E-state index in [0.29, 0.717) is 38.5 Å². The van der Waals surface area contributed by atoms with Crippen molar-refractivity contribution in [1.29, 1.82) is 0 Å². The Morgan fingerprint density at radius 3 is 2.47 bits per heavy atom. The molecule has 0 aliphatic rings. The lowest BCUT2D eigenvalue weighted by atomic mass is 10.1. The van der Waals surface area contributed by atoms with Crippen LogP contribution in [-0.2, 0) is 6.54 Å². The average Bonchev–Trinajstić information content (AvgIpc) is 3.29. The molecular weight excluding hydrogens is 472 g/mol. The zero-order valence-corrected chi connectivity index (χ0v) is 21.0. The Morgan fingerprint density at radius 1 is 1.09 bits per heavy atom. The fraction of sp³-hybridized carbons (Fsp3) is 0.240. The largest absolute Gasteiger partial charge is 0.354 e. The maximum atomic E-state index is 10.4. The lowest BCUT2D eigenvalue weighted by molar-refractivity contribution is 0.433. The van der Waals surface area contributed by atoms with Gasteiger partial charge in [0.2, 0.25) is 0 Å². The van der Waals surface area contributed by atoms with Crippen molar-refractivity contribution in [2.75, 3.05) is 7.05 Å². The smallest absolute Gasteiger partial charge is 0.187 e. The normalized spacial score (nSPS) is 12.4. The summed E-state index contributed by atoms with van der Waals surface area (Å²) in [5.41, 5.74) is 5.20. The van der Waals surface area contributed by atoms with Crippen molar-refractivity contribution in [2.24, 2.45) is 0 Å². The molecule has 34 heavy (non-hydrogen) atoms. The van der Waals surface area contributed by atoms with Gasteiger partial charge < -0.3 is 9.84 Å². The van der Waals surface area contributed by atoms with Crippen molar-refractivity contribution in [3.63, 3.8) is 0 Å². The van der Waals surface area contributed by atoms with Crippen molar-refractivity contribution in [1.82, 2.24) is 20.4 Å². The maximum absolute atomic E-state index is 10.4. The number of halogens is 1. The number of hydrogen-bond acceptors (Lipinski definition) is 7. The van der Waals surface area contributed by atoms with Crippen LogP contribution < -0.4 is 5.32 Å². The Morgan fingerprint density at radius 2 is 1.82 bits per heavy atom. The molecular formula is C25H29ClN4O3S. The van der Waals surface area contributed by atoms with Crippen molar-refractivity contribution in [3.8, 4) is 34.0 Å². The molecule has 0 spiro atoms. The number of benzene rings is 2. The minimum Gasteiger partial charge on any atom is -0.354 e. The van der Waals surface area contributed by atoms with E-state index in [1.165, 1.54) is 0 Å². The second-order valence-corrected chi connectivity index (χ2v) is 11.3. The number of nitrogens with zero attached hydrogens (tertiary/aromatic N) is 3. The van der Waals surface area contributed by atoms with E-state index in [0.717, 1.165) is 23.2 Å². The number of aromatic nitrogens is 3. The Balaban J connectivity index is 0.00000342. The van der Waals surface area contributed by atoms with E-state index in [1.807, 2.05) is 44.3 Å². The van der Waals surface area contributed by atoms with Gasteiger partial charge in [-0.05, 0) is 51.6 Å². The fourth-order valence-corrected chi connectivity index (χ4v) is 4.90. The van der Waals surface area contributed by atoms with Crippen molar-refractivity contribution >= 4 is 22.2 Å². The molecule has 3 N–H and O–H groups in total. The van der Waals surface area contributed by atoms with Gasteiger partial charge in [0.05, 0.1) is 27.5 Å². The van der Waals surface area contributed by atoms with Gasteiger partial charge in [0.1, 0.15) is 11.4 Å². The first-order chi connectivity index (χ1) is 16.2. The van der Waals surface area contributed by atoms with E-state index >= 15 is 0 Å². The molecule has 0 unspecified atom stereocenters. The van der Waals surface area contributed by atoms with Gasteiger partial charge in [-0.3, -0.25) is 14.1 Å². The van der Waals surface area contributed by atoms with Crippen molar-refractivity contribution in [3.05, 3.63) is 71.0 Å². The van der Waals surface area contributed by atoms with Crippen LogP contribution in [0, 0.1) is 6.92 Å². The van der Waals surface area contributed by atoms with Crippen LogP contribution in [0.5, 0.6) is 0 Å². The molecule has 7 nitrogen and oxygen atoms in total. The summed E-state index contributed by atoms with van der Waals surface area (Å²) in [7, 11) is -0.955. The highest BCUT2D eigenvalue weighted by Gasteiger charge is 2.20. The van der Waals surface area contributed by atoms with Crippen molar-refractivity contribution < 1.29 is 15.1 Å². The topological polar surface area (TPSA) is 104 Å². The predicted molar refractivity (Wildman–Crippen MR) is 139 cm³/mol. The van der Waals surface area contributed by atoms with E-state index in [1.54, 1.807) is 38.2 Å². The number of rotatable bonds is 7. The number of aryl methyl sites for hydroxylation is 1. The Kier molecular flexibility index (Phi) is 7.06. The van der Waals surface area contributed by atoms with Gasteiger partial charge in [0, 0.05) is 30.4 Å². The van der Waals surface area contributed by atoms with E-state index in [4.69, 9.17) is 21.1 Å². The lowest BCUT2D eigenvalue weighted by Gasteiger charge is -2.36. The van der Waals surface area contributed by atoms with Gasteiger partial charge in [0.15, 0.2) is 5.76 Å². The third-order valence-corrected chi connectivity index (χ3v) is 8.14. The number of hydrogen-bond donors (Lipinski definition) is 3. The summed E-state index contributed by atoms with van der Waals surface area (Å²) < 4.78 is 26.4. The summed E-state index contributed by atoms with van der Waals surface area (Å²) in [5, 5.41) is 7.64. The molecule has 0 fully saturated rings. The van der Waals surface area contributed by atoms with Crippen LogP contribution in [0.2, 0.25) is 5.02 Å². The second-order valence-electron chi connectivity index (χ2n) is 8.28. The van der Waals surface area contributed by atoms with Gasteiger partial charge >= 0.3 is 0 Å². The molecule has 2 aromatic carbocycles. The van der Waals surface area contributed by atoms with E-state index < -0.39 is 10.6 Å². The van der Waals surface area contributed by atoms with Crippen LogP contribution >= 0.6 is 22.2 Å². The minimum atomic E-state index is -2.84. The first-order valence-electron chi connectivity index (χ1n) is 10.8. The van der Waals surface area contributed by atoms with Gasteiger partial charge in [-0.15, -0.1) is 0 Å². The molecule has 0 saturated heterocycles. The molecule has 4 rings (SSSR count). The highest BCUT2D eigenvalue weighted by Crippen LogP contribution is 2.52. The third kappa shape index (κ3) is 4.87. The minimum absolute atomic E-state index is 0. The Bertz CT molecular complexity index is 1310. The molecule has 0 amide bonds. The van der Waals surface area contributed by atoms with Crippen LogP contribution in [0.3, 0.4) is 0 Å². The summed E-state index contributed by atoms with van der Waals surface area (Å²) in [5.74, 6) is 0.489. The number of nitrogens with one attached hydrogen (secondary N) is 1. The summed E-state index contributed by atoms with van der Waals surface area (Å²) in [6.07, 6.45) is 1.68. The van der Waals surface area contributed by atoms with Crippen LogP contribution in [0.4, 0.5) is 0 Å². The van der Waals surface area contributed by atoms with Crippen LogP contribution in [0.15, 0.2) is 64.1 Å². The van der Waals surface area contributed by atoms with Crippen molar-refractivity contribution in [2.45, 2.75) is 37.5 Å². The fourth-order valence-electron chi connectivity index (χ4n) is 3.51. The van der Waals surface area contributed by atoms with E-state index in [2.05, 4.69) is 15.5 Å². The first kappa shape index (κ1) is 24.4. The Labute approximate surface area is 207 Å². The highest BCUT2D eigenvalue weighted by atomic mass is 35.5. The molecule has 0 radical (unpaired) electrons. The van der Waals surface area contributed by atoms with Gasteiger partial charge in [0.25, 0.3) is 0 Å². The molecule has 0 aliphatic carbocycles. The second kappa shape index (κ2) is 9.85. The quantitative estimate of drug-likeness (QED) is 0.253. The molecule has 4 aromatic rings. The van der Waals surface area contributed by atoms with E-state index in [-0.39, 0.29) is 6.68 Å². The molecule has 0 saturated carbocycles. The highest BCUT2D eigenvalue weighted by molar-refractivity contribution is 8.24. The SMILES string of the molecule is CNCc1ccc(-c2cc(-c3nc(-c4ccc(S(O)(O)C(C)C)cc4)cnc3C)on2)c(Cl)c1.[HH]. The lowest BCUT2D eigenvalue weighted by Crippen LogP contribution is -2.10. The standard InChI is InChI=1S/C25H27ClN4O3S.H2/c1-15(2)34(31,32)19-8-6-18(7-9-19)23-14-28-16(3)25(29-23)24-12-22(30-33-24)20-10-5-17(13-27-4)11-21(20)26;/h5-12,14-15,27,31-32H,13H2,1-4H3;1H. The zero-order chi connectivity index (χ0) is 24.5. The Hall–Kier alpha value is -2.75. The van der Waals surface area contributed by atoms with E-state index in [9.17, 15) is 9.11 Å². The van der Waals surface area contributed by atoms with Gasteiger partial charge in [-0.2, -0.15) is 10.6 Å². The zero-order valence-electron chi connectivity index (χ0n) is 19.4. The molecule has 9 heteroatoms. The van der Waals surface area contributed by atoms with Gasteiger partial charge in [-0.1, -0.05) is 41.0 Å². The average molecular weight is 501 g/mol. The summed E-state index contributed by atoms with van der Waals surface area (Å²) in [6.45, 7) is 6.16. The summed E-state index contributed by atoms with van der Waals surface area (Å²) >= 11 is 6.48. The predicted octanol–water partition coefficient (Wildman–Crippen LogP) is 6.91. The van der Waals surface area contributed by atoms with Crippen LogP contribution in [0.1, 0.15) is 26.5 Å². The molecule has 2 heterocycles.